The Morgan fingerprint density at radius 2 is 1.51 bits per heavy atom. The van der Waals surface area contributed by atoms with E-state index in [4.69, 9.17) is 21.1 Å². The first-order valence-electron chi connectivity index (χ1n) is 14.2. The molecule has 0 heterocycles. The standard InChI is InChI=1S/C35H33ClN4O5/c1-4-40(5-2)27-18-15-24(16-19-27)21-30(38-33(41)26-11-7-6-8-12-26)34(42)39-37-23-25-17-20-31(32(22-25)44-3)45-35(43)28-13-9-10-14-29(28)36/h6-23H,4-5H2,1-3H3,(H,38,41)(H,39,42). The Hall–Kier alpha value is -5.41. The normalized spacial score (nSPS) is 11.2. The van der Waals surface area contributed by atoms with Gasteiger partial charge in [0.2, 0.25) is 0 Å². The van der Waals surface area contributed by atoms with Crippen LogP contribution >= 0.6 is 11.6 Å². The number of hydrazone groups is 1. The number of rotatable bonds is 12. The number of nitrogens with one attached hydrogen (secondary N) is 2. The van der Waals surface area contributed by atoms with E-state index in [0.717, 1.165) is 24.3 Å². The van der Waals surface area contributed by atoms with E-state index in [-0.39, 0.29) is 27.8 Å². The molecule has 0 fully saturated rings. The van der Waals surface area contributed by atoms with E-state index in [0.29, 0.717) is 11.1 Å². The number of hydrogen-bond donors (Lipinski definition) is 2. The summed E-state index contributed by atoms with van der Waals surface area (Å²) in [6.45, 7) is 5.90. The summed E-state index contributed by atoms with van der Waals surface area (Å²) in [5, 5.41) is 7.03. The first-order chi connectivity index (χ1) is 21.8. The summed E-state index contributed by atoms with van der Waals surface area (Å²) < 4.78 is 10.9. The molecule has 0 radical (unpaired) electrons. The highest BCUT2D eigenvalue weighted by Crippen LogP contribution is 2.29. The van der Waals surface area contributed by atoms with Crippen molar-refractivity contribution in [1.29, 1.82) is 0 Å². The number of amides is 2. The van der Waals surface area contributed by atoms with Gasteiger partial charge in [0, 0.05) is 24.3 Å². The number of benzene rings is 4. The minimum absolute atomic E-state index is 0.0102. The molecule has 0 aliphatic rings. The van der Waals surface area contributed by atoms with Crippen molar-refractivity contribution in [2.24, 2.45) is 5.10 Å². The molecule has 0 aliphatic carbocycles. The Kier molecular flexibility index (Phi) is 11.5. The van der Waals surface area contributed by atoms with Crippen molar-refractivity contribution in [3.05, 3.63) is 130 Å². The number of hydrogen-bond acceptors (Lipinski definition) is 7. The summed E-state index contributed by atoms with van der Waals surface area (Å²) in [6.07, 6.45) is 2.98. The largest absolute Gasteiger partial charge is 0.493 e. The summed E-state index contributed by atoms with van der Waals surface area (Å²) in [6, 6.07) is 27.6. The van der Waals surface area contributed by atoms with Crippen molar-refractivity contribution in [2.75, 3.05) is 25.1 Å². The van der Waals surface area contributed by atoms with E-state index in [1.54, 1.807) is 78.9 Å². The highest BCUT2D eigenvalue weighted by Gasteiger charge is 2.16. The minimum Gasteiger partial charge on any atom is -0.493 e. The van der Waals surface area contributed by atoms with Crippen LogP contribution in [0.5, 0.6) is 11.5 Å². The fourth-order valence-electron chi connectivity index (χ4n) is 4.34. The molecule has 2 N–H and O–H groups in total. The van der Waals surface area contributed by atoms with Crippen molar-refractivity contribution < 1.29 is 23.9 Å². The maximum absolute atomic E-state index is 13.2. The fraction of sp³-hybridized carbons (Fsp3) is 0.143. The lowest BCUT2D eigenvalue weighted by atomic mass is 10.1. The van der Waals surface area contributed by atoms with Crippen LogP contribution in [0.1, 0.15) is 45.7 Å². The van der Waals surface area contributed by atoms with Gasteiger partial charge in [0.15, 0.2) is 11.5 Å². The van der Waals surface area contributed by atoms with E-state index in [2.05, 4.69) is 34.6 Å². The van der Waals surface area contributed by atoms with Crippen LogP contribution in [0.2, 0.25) is 5.02 Å². The summed E-state index contributed by atoms with van der Waals surface area (Å²) in [5.74, 6) is -1.24. The molecule has 0 atom stereocenters. The number of carbonyl (C=O) groups is 3. The number of methoxy groups -OCH3 is 1. The lowest BCUT2D eigenvalue weighted by Gasteiger charge is -2.20. The van der Waals surface area contributed by atoms with Crippen molar-refractivity contribution in [3.63, 3.8) is 0 Å². The van der Waals surface area contributed by atoms with E-state index < -0.39 is 17.8 Å². The molecule has 4 aromatic carbocycles. The van der Waals surface area contributed by atoms with Gasteiger partial charge in [0.05, 0.1) is 23.9 Å². The van der Waals surface area contributed by atoms with Crippen molar-refractivity contribution in [1.82, 2.24) is 10.7 Å². The lowest BCUT2D eigenvalue weighted by molar-refractivity contribution is -0.117. The maximum atomic E-state index is 13.2. The second-order valence-electron chi connectivity index (χ2n) is 9.62. The molecule has 230 valence electrons. The highest BCUT2D eigenvalue weighted by atomic mass is 35.5. The number of halogens is 1. The molecule has 4 rings (SSSR count). The Bertz CT molecular complexity index is 1700. The quantitative estimate of drug-likeness (QED) is 0.0626. The van der Waals surface area contributed by atoms with E-state index in [1.165, 1.54) is 13.3 Å². The van der Waals surface area contributed by atoms with E-state index in [1.807, 2.05) is 24.3 Å². The SMILES string of the molecule is CCN(CC)c1ccc(C=C(NC(=O)c2ccccc2)C(=O)NN=Cc2ccc(OC(=O)c3ccccc3Cl)c(OC)c2)cc1. The summed E-state index contributed by atoms with van der Waals surface area (Å²) in [4.78, 5) is 40.9. The Morgan fingerprint density at radius 3 is 2.18 bits per heavy atom. The smallest absolute Gasteiger partial charge is 0.345 e. The molecular formula is C35H33ClN4O5. The zero-order valence-electron chi connectivity index (χ0n) is 25.1. The highest BCUT2D eigenvalue weighted by molar-refractivity contribution is 6.33. The van der Waals surface area contributed by atoms with E-state index in [9.17, 15) is 14.4 Å². The summed E-state index contributed by atoms with van der Waals surface area (Å²) >= 11 is 6.11. The molecule has 4 aromatic rings. The first-order valence-corrected chi connectivity index (χ1v) is 14.6. The van der Waals surface area contributed by atoms with Gasteiger partial charge in [-0.1, -0.05) is 54.1 Å². The number of anilines is 1. The molecular weight excluding hydrogens is 592 g/mol. The topological polar surface area (TPSA) is 109 Å². The van der Waals surface area contributed by atoms with Gasteiger partial charge >= 0.3 is 5.97 Å². The third-order valence-corrected chi connectivity index (χ3v) is 7.05. The Labute approximate surface area is 267 Å². The summed E-state index contributed by atoms with van der Waals surface area (Å²) in [7, 11) is 1.44. The Morgan fingerprint density at radius 1 is 0.844 bits per heavy atom. The summed E-state index contributed by atoms with van der Waals surface area (Å²) in [5.41, 5.74) is 5.43. The molecule has 0 saturated heterocycles. The Balaban J connectivity index is 1.50. The van der Waals surface area contributed by atoms with E-state index >= 15 is 0 Å². The number of ether oxygens (including phenoxy) is 2. The number of carbonyl (C=O) groups excluding carboxylic acids is 3. The van der Waals surface area contributed by atoms with Crippen molar-refractivity contribution in [3.8, 4) is 11.5 Å². The molecule has 0 aliphatic heterocycles. The van der Waals surface area contributed by atoms with Crippen LogP contribution in [0, 0.1) is 0 Å². The molecule has 10 heteroatoms. The van der Waals surface area contributed by atoms with Gasteiger partial charge in [-0.2, -0.15) is 5.10 Å². The zero-order chi connectivity index (χ0) is 32.2. The molecule has 0 saturated carbocycles. The molecule has 0 spiro atoms. The molecule has 0 aromatic heterocycles. The van der Waals surface area contributed by atoms with Crippen LogP contribution in [-0.4, -0.2) is 44.2 Å². The van der Waals surface area contributed by atoms with Crippen molar-refractivity contribution in [2.45, 2.75) is 13.8 Å². The zero-order valence-corrected chi connectivity index (χ0v) is 25.9. The fourth-order valence-corrected chi connectivity index (χ4v) is 4.55. The monoisotopic (exact) mass is 624 g/mol. The van der Waals surface area contributed by atoms with Gasteiger partial charge < -0.3 is 19.7 Å². The number of nitrogens with zero attached hydrogens (tertiary/aromatic N) is 2. The van der Waals surface area contributed by atoms with Crippen LogP contribution in [0.3, 0.4) is 0 Å². The van der Waals surface area contributed by atoms with Gasteiger partial charge in [-0.3, -0.25) is 9.59 Å². The van der Waals surface area contributed by atoms with Crippen LogP contribution in [0.15, 0.2) is 108 Å². The molecule has 0 unspecified atom stereocenters. The lowest BCUT2D eigenvalue weighted by Crippen LogP contribution is -2.32. The predicted molar refractivity (Wildman–Crippen MR) is 177 cm³/mol. The van der Waals surface area contributed by atoms with Crippen LogP contribution < -0.4 is 25.1 Å². The third kappa shape index (κ3) is 8.81. The van der Waals surface area contributed by atoms with Crippen LogP contribution in [-0.2, 0) is 4.79 Å². The average molecular weight is 625 g/mol. The van der Waals surface area contributed by atoms with Gasteiger partial charge in [-0.15, -0.1) is 0 Å². The van der Waals surface area contributed by atoms with Crippen LogP contribution in [0.25, 0.3) is 6.08 Å². The molecule has 45 heavy (non-hydrogen) atoms. The van der Waals surface area contributed by atoms with Gasteiger partial charge in [-0.25, -0.2) is 10.2 Å². The second kappa shape index (κ2) is 15.9. The molecule has 9 nitrogen and oxygen atoms in total. The predicted octanol–water partition coefficient (Wildman–Crippen LogP) is 6.34. The second-order valence-corrected chi connectivity index (χ2v) is 10.0. The van der Waals surface area contributed by atoms with Gasteiger partial charge in [0.25, 0.3) is 11.8 Å². The average Bonchev–Trinajstić information content (AvgIpc) is 3.06. The third-order valence-electron chi connectivity index (χ3n) is 6.73. The molecule has 2 amide bonds. The molecule has 0 bridgehead atoms. The van der Waals surface area contributed by atoms with Crippen molar-refractivity contribution >= 4 is 47.4 Å². The maximum Gasteiger partial charge on any atom is 0.345 e. The van der Waals surface area contributed by atoms with Crippen LogP contribution in [0.4, 0.5) is 5.69 Å². The number of esters is 1. The minimum atomic E-state index is -0.632. The first kappa shape index (κ1) is 32.5. The van der Waals surface area contributed by atoms with Gasteiger partial charge in [0.1, 0.15) is 5.70 Å². The van der Waals surface area contributed by atoms with Gasteiger partial charge in [-0.05, 0) is 85.6 Å².